The fourth-order valence-electron chi connectivity index (χ4n) is 4.27. The van der Waals surface area contributed by atoms with Gasteiger partial charge in [0.15, 0.2) is 0 Å². The minimum Gasteiger partial charge on any atom is -0.289 e. The van der Waals surface area contributed by atoms with Crippen molar-refractivity contribution in [2.45, 2.75) is 38.0 Å². The van der Waals surface area contributed by atoms with Crippen LogP contribution < -0.4 is 5.56 Å². The third-order valence-electron chi connectivity index (χ3n) is 5.72. The van der Waals surface area contributed by atoms with Gasteiger partial charge in [0.25, 0.3) is 5.56 Å². The van der Waals surface area contributed by atoms with E-state index in [4.69, 9.17) is 0 Å². The average Bonchev–Trinajstić information content (AvgIpc) is 3.05. The van der Waals surface area contributed by atoms with Gasteiger partial charge in [-0.15, -0.1) is 0 Å². The predicted octanol–water partition coefficient (Wildman–Crippen LogP) is 5.05. The zero-order chi connectivity index (χ0) is 18.4. The normalized spacial score (nSPS) is 15.6. The molecule has 1 fully saturated rings. The average molecular weight is 361 g/mol. The molecule has 0 radical (unpaired) electrons. The maximum Gasteiger partial charge on any atom is 0.280 e. The van der Waals surface area contributed by atoms with Crippen LogP contribution in [0.5, 0.6) is 0 Å². The molecule has 0 amide bonds. The highest BCUT2D eigenvalue weighted by Gasteiger charge is 2.18. The van der Waals surface area contributed by atoms with E-state index in [0.29, 0.717) is 16.8 Å². The monoisotopic (exact) mass is 361 g/mol. The largest absolute Gasteiger partial charge is 0.289 e. The van der Waals surface area contributed by atoms with E-state index in [1.807, 2.05) is 6.07 Å². The lowest BCUT2D eigenvalue weighted by Crippen LogP contribution is -2.15. The lowest BCUT2D eigenvalue weighted by atomic mass is 9.83. The topological polar surface area (TPSA) is 50.7 Å². The Bertz CT molecular complexity index is 1200. The summed E-state index contributed by atoms with van der Waals surface area (Å²) in [4.78, 5) is 17.3. The van der Waals surface area contributed by atoms with Gasteiger partial charge in [-0.3, -0.25) is 14.9 Å². The molecule has 4 nitrogen and oxygen atoms in total. The Balaban J connectivity index is 1.73. The molecule has 5 rings (SSSR count). The second-order valence-corrected chi connectivity index (χ2v) is 7.36. The summed E-state index contributed by atoms with van der Waals surface area (Å²) in [6.07, 6.45) is 7.85. The lowest BCUT2D eigenvalue weighted by Gasteiger charge is -2.22. The summed E-state index contributed by atoms with van der Waals surface area (Å²) in [5, 5.41) is 4.52. The third kappa shape index (κ3) is 2.65. The Morgan fingerprint density at radius 1 is 1.04 bits per heavy atom. The first-order valence-corrected chi connectivity index (χ1v) is 9.50. The highest BCUT2D eigenvalue weighted by Crippen LogP contribution is 2.34. The Morgan fingerprint density at radius 3 is 2.67 bits per heavy atom. The van der Waals surface area contributed by atoms with Gasteiger partial charge in [-0.05, 0) is 48.6 Å². The number of aromatic amines is 1. The molecule has 0 atom stereocenters. The molecule has 1 aliphatic rings. The molecule has 4 aromatic rings. The van der Waals surface area contributed by atoms with E-state index in [1.165, 1.54) is 48.4 Å². The first-order chi connectivity index (χ1) is 13.2. The zero-order valence-corrected chi connectivity index (χ0v) is 14.9. The van der Waals surface area contributed by atoms with Crippen molar-refractivity contribution >= 4 is 21.8 Å². The summed E-state index contributed by atoms with van der Waals surface area (Å²) in [5.41, 5.74) is 2.79. The van der Waals surface area contributed by atoms with E-state index in [9.17, 15) is 9.18 Å². The molecule has 2 aromatic carbocycles. The number of nitrogens with one attached hydrogen (secondary N) is 1. The van der Waals surface area contributed by atoms with Gasteiger partial charge in [0, 0.05) is 11.6 Å². The molecule has 2 heterocycles. The summed E-state index contributed by atoms with van der Waals surface area (Å²) < 4.78 is 15.5. The van der Waals surface area contributed by atoms with Crippen LogP contribution in [0.4, 0.5) is 4.39 Å². The van der Waals surface area contributed by atoms with E-state index in [0.717, 1.165) is 10.9 Å². The van der Waals surface area contributed by atoms with Gasteiger partial charge in [0.05, 0.1) is 16.4 Å². The van der Waals surface area contributed by atoms with Gasteiger partial charge in [0.1, 0.15) is 11.5 Å². The molecule has 1 saturated carbocycles. The van der Waals surface area contributed by atoms with Gasteiger partial charge < -0.3 is 0 Å². The van der Waals surface area contributed by atoms with Gasteiger partial charge >= 0.3 is 0 Å². The summed E-state index contributed by atoms with van der Waals surface area (Å²) in [6.45, 7) is 0. The van der Waals surface area contributed by atoms with Crippen LogP contribution in [0.15, 0.2) is 53.5 Å². The van der Waals surface area contributed by atoms with Crippen LogP contribution in [0.2, 0.25) is 0 Å². The maximum absolute atomic E-state index is 14.2. The number of hydrogen-bond donors (Lipinski definition) is 1. The Hall–Kier alpha value is -2.95. The minimum absolute atomic E-state index is 0.218. The number of benzene rings is 2. The number of halogens is 1. The van der Waals surface area contributed by atoms with Crippen molar-refractivity contribution in [3.05, 3.63) is 70.4 Å². The highest BCUT2D eigenvalue weighted by atomic mass is 19.1. The molecule has 5 heteroatoms. The van der Waals surface area contributed by atoms with E-state index in [1.54, 1.807) is 24.4 Å². The Labute approximate surface area is 155 Å². The fraction of sp³-hybridized carbons (Fsp3) is 0.273. The standard InChI is InChI=1S/C22H20FN3O/c23-18-8-4-5-9-20(18)26-22(27)17-13-24-19-11-10-15(12-16(19)21(17)25-26)14-6-2-1-3-7-14/h4-5,8-14,25H,1-3,6-7H2. The number of hydrogen-bond acceptors (Lipinski definition) is 2. The molecule has 0 spiro atoms. The van der Waals surface area contributed by atoms with Crippen molar-refractivity contribution in [2.75, 3.05) is 0 Å². The van der Waals surface area contributed by atoms with Crippen LogP contribution in [0.1, 0.15) is 43.6 Å². The molecule has 1 N–H and O–H groups in total. The van der Waals surface area contributed by atoms with Gasteiger partial charge in [0.2, 0.25) is 0 Å². The third-order valence-corrected chi connectivity index (χ3v) is 5.72. The van der Waals surface area contributed by atoms with E-state index >= 15 is 0 Å². The molecule has 2 aromatic heterocycles. The number of fused-ring (bicyclic) bond motifs is 3. The summed E-state index contributed by atoms with van der Waals surface area (Å²) in [7, 11) is 0. The van der Waals surface area contributed by atoms with Crippen molar-refractivity contribution in [3.63, 3.8) is 0 Å². The summed E-state index contributed by atoms with van der Waals surface area (Å²) in [5.74, 6) is 0.130. The number of aromatic nitrogens is 3. The van der Waals surface area contributed by atoms with Crippen molar-refractivity contribution in [3.8, 4) is 5.69 Å². The first kappa shape index (κ1) is 16.2. The predicted molar refractivity (Wildman–Crippen MR) is 105 cm³/mol. The van der Waals surface area contributed by atoms with Crippen molar-refractivity contribution < 1.29 is 4.39 Å². The number of nitrogens with zero attached hydrogens (tertiary/aromatic N) is 2. The van der Waals surface area contributed by atoms with E-state index in [-0.39, 0.29) is 11.2 Å². The maximum atomic E-state index is 14.2. The smallest absolute Gasteiger partial charge is 0.280 e. The van der Waals surface area contributed by atoms with Crippen LogP contribution in [0, 0.1) is 5.82 Å². The SMILES string of the molecule is O=c1c2cnc3ccc(C4CCCCC4)cc3c2[nH]n1-c1ccccc1F. The molecule has 0 saturated heterocycles. The second kappa shape index (κ2) is 6.34. The summed E-state index contributed by atoms with van der Waals surface area (Å²) in [6, 6.07) is 12.6. The molecule has 0 bridgehead atoms. The van der Waals surface area contributed by atoms with Crippen LogP contribution in [0.25, 0.3) is 27.5 Å². The molecule has 1 aliphatic carbocycles. The van der Waals surface area contributed by atoms with Gasteiger partial charge in [-0.25, -0.2) is 9.07 Å². The van der Waals surface area contributed by atoms with Crippen molar-refractivity contribution in [1.29, 1.82) is 0 Å². The number of pyridine rings is 1. The second-order valence-electron chi connectivity index (χ2n) is 7.36. The van der Waals surface area contributed by atoms with Gasteiger partial charge in [-0.1, -0.05) is 37.5 Å². The Morgan fingerprint density at radius 2 is 1.85 bits per heavy atom. The van der Waals surface area contributed by atoms with Crippen molar-refractivity contribution in [2.24, 2.45) is 0 Å². The van der Waals surface area contributed by atoms with Crippen LogP contribution in [-0.2, 0) is 0 Å². The molecular formula is C22H20FN3O. The van der Waals surface area contributed by atoms with Crippen molar-refractivity contribution in [1.82, 2.24) is 14.8 Å². The first-order valence-electron chi connectivity index (χ1n) is 9.50. The van der Waals surface area contributed by atoms with Gasteiger partial charge in [-0.2, -0.15) is 0 Å². The lowest BCUT2D eigenvalue weighted by molar-refractivity contribution is 0.444. The Kier molecular flexibility index (Phi) is 3.81. The molecular weight excluding hydrogens is 341 g/mol. The number of H-pyrrole nitrogens is 1. The highest BCUT2D eigenvalue weighted by molar-refractivity contribution is 6.03. The van der Waals surface area contributed by atoms with Crippen LogP contribution in [0.3, 0.4) is 0 Å². The molecule has 136 valence electrons. The molecule has 0 unspecified atom stereocenters. The number of rotatable bonds is 2. The number of para-hydroxylation sites is 1. The zero-order valence-electron chi connectivity index (χ0n) is 14.9. The van der Waals surface area contributed by atoms with E-state index < -0.39 is 5.82 Å². The van der Waals surface area contributed by atoms with E-state index in [2.05, 4.69) is 22.2 Å². The van der Waals surface area contributed by atoms with Crippen LogP contribution in [-0.4, -0.2) is 14.8 Å². The molecule has 27 heavy (non-hydrogen) atoms. The quantitative estimate of drug-likeness (QED) is 0.543. The fourth-order valence-corrected chi connectivity index (χ4v) is 4.27. The summed E-state index contributed by atoms with van der Waals surface area (Å²) >= 11 is 0. The minimum atomic E-state index is -0.439. The molecule has 0 aliphatic heterocycles. The van der Waals surface area contributed by atoms with Crippen LogP contribution >= 0.6 is 0 Å².